The Hall–Kier alpha value is -1.77. The molecule has 15 heavy (non-hydrogen) atoms. The normalized spacial score (nSPS) is 14.4. The Kier molecular flexibility index (Phi) is 1.49. The van der Waals surface area contributed by atoms with E-state index in [9.17, 15) is 4.79 Å². The van der Waals surface area contributed by atoms with Gasteiger partial charge in [0.15, 0.2) is 0 Å². The molecule has 2 aromatic rings. The summed E-state index contributed by atoms with van der Waals surface area (Å²) in [6.07, 6.45) is 0. The van der Waals surface area contributed by atoms with E-state index in [2.05, 4.69) is 11.1 Å². The van der Waals surface area contributed by atoms with Crippen molar-refractivity contribution in [2.24, 2.45) is 0 Å². The van der Waals surface area contributed by atoms with Crippen molar-refractivity contribution in [1.82, 2.24) is 4.98 Å². The number of hydrogen-bond acceptors (Lipinski definition) is 2. The molecule has 1 N–H and O–H groups in total. The fourth-order valence-electron chi connectivity index (χ4n) is 2.26. The Balaban J connectivity index is 2.47. The van der Waals surface area contributed by atoms with Crippen molar-refractivity contribution in [2.45, 2.75) is 20.5 Å². The number of aryl methyl sites for hydroxylation is 2. The van der Waals surface area contributed by atoms with Crippen molar-refractivity contribution in [3.05, 3.63) is 34.5 Å². The summed E-state index contributed by atoms with van der Waals surface area (Å²) in [6.45, 7) is 4.46. The number of hydrogen-bond donors (Lipinski definition) is 1. The van der Waals surface area contributed by atoms with E-state index in [1.807, 2.05) is 19.9 Å². The van der Waals surface area contributed by atoms with Crippen LogP contribution in [0.2, 0.25) is 0 Å². The van der Waals surface area contributed by atoms with Crippen molar-refractivity contribution in [3.63, 3.8) is 0 Å². The maximum Gasteiger partial charge on any atom is 0.341 e. The molecule has 1 aromatic heterocycles. The maximum absolute atomic E-state index is 11.5. The molecule has 0 bridgehead atoms. The second-order valence-corrected chi connectivity index (χ2v) is 4.06. The van der Waals surface area contributed by atoms with Crippen LogP contribution < -0.4 is 0 Å². The van der Waals surface area contributed by atoms with Crippen LogP contribution in [-0.2, 0) is 11.3 Å². The molecule has 3 nitrogen and oxygen atoms in total. The number of benzene rings is 1. The number of carbonyl (C=O) groups excluding carboxylic acids is 1. The molecule has 0 atom stereocenters. The van der Waals surface area contributed by atoms with Crippen molar-refractivity contribution < 1.29 is 9.53 Å². The van der Waals surface area contributed by atoms with E-state index in [1.54, 1.807) is 0 Å². The quantitative estimate of drug-likeness (QED) is 0.665. The number of rotatable bonds is 0. The van der Waals surface area contributed by atoms with Crippen molar-refractivity contribution >= 4 is 16.9 Å². The van der Waals surface area contributed by atoms with Gasteiger partial charge in [-0.3, -0.25) is 0 Å². The molecule has 1 aliphatic heterocycles. The summed E-state index contributed by atoms with van der Waals surface area (Å²) in [5.74, 6) is -0.207. The highest BCUT2D eigenvalue weighted by molar-refractivity contribution is 6.07. The van der Waals surface area contributed by atoms with Crippen LogP contribution in [0.5, 0.6) is 0 Å². The largest absolute Gasteiger partial charge is 0.456 e. The first-order valence-electron chi connectivity index (χ1n) is 4.96. The molecule has 0 fully saturated rings. The first-order chi connectivity index (χ1) is 7.16. The molecular weight excluding hydrogens is 190 g/mol. The lowest BCUT2D eigenvalue weighted by molar-refractivity contribution is 0.0534. The minimum Gasteiger partial charge on any atom is -0.456 e. The zero-order valence-corrected chi connectivity index (χ0v) is 8.68. The van der Waals surface area contributed by atoms with E-state index in [1.165, 1.54) is 11.1 Å². The molecule has 3 heteroatoms. The summed E-state index contributed by atoms with van der Waals surface area (Å²) < 4.78 is 4.98. The average molecular weight is 201 g/mol. The van der Waals surface area contributed by atoms with Crippen LogP contribution in [0.4, 0.5) is 0 Å². The number of carbonyl (C=O) groups is 1. The van der Waals surface area contributed by atoms with E-state index in [0.29, 0.717) is 6.61 Å². The zero-order valence-electron chi connectivity index (χ0n) is 8.68. The predicted molar refractivity (Wildman–Crippen MR) is 56.9 cm³/mol. The molecule has 1 aliphatic rings. The predicted octanol–water partition coefficient (Wildman–Crippen LogP) is 2.46. The highest BCUT2D eigenvalue weighted by Crippen LogP contribution is 2.30. The molecule has 0 amide bonds. The van der Waals surface area contributed by atoms with E-state index in [-0.39, 0.29) is 5.97 Å². The van der Waals surface area contributed by atoms with Crippen molar-refractivity contribution in [1.29, 1.82) is 0 Å². The van der Waals surface area contributed by atoms with Gasteiger partial charge in [0.1, 0.15) is 6.61 Å². The molecule has 0 radical (unpaired) electrons. The van der Waals surface area contributed by atoms with Gasteiger partial charge in [-0.05, 0) is 25.5 Å². The van der Waals surface area contributed by atoms with E-state index in [0.717, 1.165) is 22.2 Å². The summed E-state index contributed by atoms with van der Waals surface area (Å²) in [5.41, 5.74) is 5.02. The summed E-state index contributed by atoms with van der Waals surface area (Å²) in [4.78, 5) is 14.8. The van der Waals surface area contributed by atoms with Crippen LogP contribution in [0.15, 0.2) is 12.1 Å². The first-order valence-corrected chi connectivity index (χ1v) is 4.96. The first kappa shape index (κ1) is 8.53. The lowest BCUT2D eigenvalue weighted by atomic mass is 10.1. The van der Waals surface area contributed by atoms with Crippen LogP contribution >= 0.6 is 0 Å². The Morgan fingerprint density at radius 2 is 2.13 bits per heavy atom. The van der Waals surface area contributed by atoms with Gasteiger partial charge in [0, 0.05) is 10.9 Å². The highest BCUT2D eigenvalue weighted by atomic mass is 16.5. The van der Waals surface area contributed by atoms with Gasteiger partial charge in [0.25, 0.3) is 0 Å². The molecule has 76 valence electrons. The molecule has 3 rings (SSSR count). The van der Waals surface area contributed by atoms with Gasteiger partial charge in [-0.15, -0.1) is 0 Å². The molecule has 0 unspecified atom stereocenters. The molecule has 0 aliphatic carbocycles. The zero-order chi connectivity index (χ0) is 10.6. The van der Waals surface area contributed by atoms with Gasteiger partial charge < -0.3 is 9.72 Å². The van der Waals surface area contributed by atoms with E-state index in [4.69, 9.17) is 4.74 Å². The molecule has 0 spiro atoms. The van der Waals surface area contributed by atoms with Crippen LogP contribution in [0, 0.1) is 13.8 Å². The minimum absolute atomic E-state index is 0.207. The number of ether oxygens (including phenoxy) is 1. The molecule has 0 saturated carbocycles. The third-order valence-corrected chi connectivity index (χ3v) is 2.88. The van der Waals surface area contributed by atoms with Gasteiger partial charge in [-0.25, -0.2) is 4.79 Å². The maximum atomic E-state index is 11.5. The molecule has 1 aromatic carbocycles. The van der Waals surface area contributed by atoms with Crippen molar-refractivity contribution in [2.75, 3.05) is 0 Å². The fraction of sp³-hybridized carbons (Fsp3) is 0.250. The summed E-state index contributed by atoms with van der Waals surface area (Å²) in [7, 11) is 0. The summed E-state index contributed by atoms with van der Waals surface area (Å²) >= 11 is 0. The van der Waals surface area contributed by atoms with E-state index >= 15 is 0 Å². The molecular formula is C12H11NO2. The van der Waals surface area contributed by atoms with Crippen LogP contribution in [0.25, 0.3) is 10.9 Å². The standard InChI is InChI=1S/C12H11NO2/c1-6-3-7(2)11-8(4-6)10-9(13-11)5-15-12(10)14/h3-4,13H,5H2,1-2H3. The number of aromatic amines is 1. The molecule has 2 heterocycles. The highest BCUT2D eigenvalue weighted by Gasteiger charge is 2.26. The average Bonchev–Trinajstić information content (AvgIpc) is 2.68. The van der Waals surface area contributed by atoms with Gasteiger partial charge >= 0.3 is 5.97 Å². The number of aromatic nitrogens is 1. The number of fused-ring (bicyclic) bond motifs is 3. The minimum atomic E-state index is -0.207. The Bertz CT molecular complexity index is 581. The third-order valence-electron chi connectivity index (χ3n) is 2.88. The lowest BCUT2D eigenvalue weighted by Gasteiger charge is -2.00. The van der Waals surface area contributed by atoms with Gasteiger partial charge in [0.2, 0.25) is 0 Å². The Morgan fingerprint density at radius 3 is 2.93 bits per heavy atom. The SMILES string of the molecule is Cc1cc(C)c2[nH]c3c(c2c1)C(=O)OC3. The van der Waals surface area contributed by atoms with Gasteiger partial charge in [0.05, 0.1) is 11.3 Å². The topological polar surface area (TPSA) is 42.1 Å². The van der Waals surface area contributed by atoms with Crippen LogP contribution in [0.3, 0.4) is 0 Å². The fourth-order valence-corrected chi connectivity index (χ4v) is 2.26. The Morgan fingerprint density at radius 1 is 1.33 bits per heavy atom. The summed E-state index contributed by atoms with van der Waals surface area (Å²) in [6, 6.07) is 4.14. The van der Waals surface area contributed by atoms with Gasteiger partial charge in [-0.1, -0.05) is 11.6 Å². The number of cyclic esters (lactones) is 1. The second-order valence-electron chi connectivity index (χ2n) is 4.06. The number of esters is 1. The second kappa shape index (κ2) is 2.63. The van der Waals surface area contributed by atoms with Crippen molar-refractivity contribution in [3.8, 4) is 0 Å². The van der Waals surface area contributed by atoms with Crippen LogP contribution in [-0.4, -0.2) is 11.0 Å². The summed E-state index contributed by atoms with van der Waals surface area (Å²) in [5, 5.41) is 0.991. The third kappa shape index (κ3) is 1.03. The Labute approximate surface area is 87.1 Å². The number of H-pyrrole nitrogens is 1. The van der Waals surface area contributed by atoms with Gasteiger partial charge in [-0.2, -0.15) is 0 Å². The smallest absolute Gasteiger partial charge is 0.341 e. The monoisotopic (exact) mass is 201 g/mol. The number of nitrogens with one attached hydrogen (secondary N) is 1. The lowest BCUT2D eigenvalue weighted by Crippen LogP contribution is -1.94. The van der Waals surface area contributed by atoms with Crippen LogP contribution in [0.1, 0.15) is 27.2 Å². The molecule has 0 saturated heterocycles. The van der Waals surface area contributed by atoms with E-state index < -0.39 is 0 Å².